The summed E-state index contributed by atoms with van der Waals surface area (Å²) in [6.07, 6.45) is 0. The molecule has 3 rings (SSSR count). The van der Waals surface area contributed by atoms with E-state index in [4.69, 9.17) is 27.6 Å². The van der Waals surface area contributed by atoms with Crippen LogP contribution in [0.15, 0.2) is 57.7 Å². The summed E-state index contributed by atoms with van der Waals surface area (Å²) in [6.45, 7) is 0. The SMILES string of the molecule is O=c1oc(-c2cc(Cl)ccc2Cl)cc2ccccc12. The molecule has 1 heterocycles. The van der Waals surface area contributed by atoms with Crippen LogP contribution >= 0.6 is 23.2 Å². The maximum Gasteiger partial charge on any atom is 0.344 e. The van der Waals surface area contributed by atoms with Crippen molar-refractivity contribution in [3.63, 3.8) is 0 Å². The van der Waals surface area contributed by atoms with Crippen molar-refractivity contribution in [2.45, 2.75) is 0 Å². The summed E-state index contributed by atoms with van der Waals surface area (Å²) in [6, 6.07) is 14.1. The fraction of sp³-hybridized carbons (Fsp3) is 0. The minimum atomic E-state index is -0.385. The Bertz CT molecular complexity index is 822. The molecule has 2 aromatic carbocycles. The van der Waals surface area contributed by atoms with E-state index in [0.717, 1.165) is 5.39 Å². The van der Waals surface area contributed by atoms with Crippen LogP contribution in [0.25, 0.3) is 22.1 Å². The van der Waals surface area contributed by atoms with Crippen LogP contribution in [0.3, 0.4) is 0 Å². The third kappa shape index (κ3) is 2.25. The third-order valence-corrected chi connectivity index (χ3v) is 3.43. The van der Waals surface area contributed by atoms with E-state index in [-0.39, 0.29) is 5.63 Å². The number of hydrogen-bond acceptors (Lipinski definition) is 2. The highest BCUT2D eigenvalue weighted by Crippen LogP contribution is 2.31. The summed E-state index contributed by atoms with van der Waals surface area (Å²) in [5.74, 6) is 0.413. The van der Waals surface area contributed by atoms with Gasteiger partial charge in [0.2, 0.25) is 0 Å². The highest BCUT2D eigenvalue weighted by molar-refractivity contribution is 6.35. The molecule has 0 unspecified atom stereocenters. The molecule has 2 nitrogen and oxygen atoms in total. The highest BCUT2D eigenvalue weighted by atomic mass is 35.5. The van der Waals surface area contributed by atoms with Crippen LogP contribution in [0.2, 0.25) is 10.0 Å². The van der Waals surface area contributed by atoms with Gasteiger partial charge in [-0.2, -0.15) is 0 Å². The standard InChI is InChI=1S/C15H8Cl2O2/c16-10-5-6-13(17)12(8-10)14-7-9-3-1-2-4-11(9)15(18)19-14/h1-8H. The zero-order chi connectivity index (χ0) is 13.4. The molecule has 0 aliphatic carbocycles. The molecule has 0 saturated carbocycles. The van der Waals surface area contributed by atoms with Gasteiger partial charge in [-0.3, -0.25) is 0 Å². The van der Waals surface area contributed by atoms with E-state index >= 15 is 0 Å². The fourth-order valence-electron chi connectivity index (χ4n) is 1.95. The second-order valence-electron chi connectivity index (χ2n) is 4.11. The average Bonchev–Trinajstić information content (AvgIpc) is 2.41. The van der Waals surface area contributed by atoms with Crippen molar-refractivity contribution >= 4 is 34.0 Å². The molecule has 19 heavy (non-hydrogen) atoms. The van der Waals surface area contributed by atoms with Crippen molar-refractivity contribution in [2.24, 2.45) is 0 Å². The van der Waals surface area contributed by atoms with Crippen LogP contribution in [0, 0.1) is 0 Å². The van der Waals surface area contributed by atoms with E-state index < -0.39 is 0 Å². The van der Waals surface area contributed by atoms with E-state index in [1.807, 2.05) is 12.1 Å². The predicted molar refractivity (Wildman–Crippen MR) is 77.9 cm³/mol. The van der Waals surface area contributed by atoms with E-state index in [1.54, 1.807) is 36.4 Å². The fourth-order valence-corrected chi connectivity index (χ4v) is 2.34. The quantitative estimate of drug-likeness (QED) is 0.646. The van der Waals surface area contributed by atoms with Crippen molar-refractivity contribution in [1.82, 2.24) is 0 Å². The second-order valence-corrected chi connectivity index (χ2v) is 4.95. The molecule has 0 aliphatic rings. The van der Waals surface area contributed by atoms with Crippen LogP contribution in [-0.2, 0) is 0 Å². The first-order chi connectivity index (χ1) is 9.15. The largest absolute Gasteiger partial charge is 0.422 e. The Morgan fingerprint density at radius 2 is 1.74 bits per heavy atom. The molecule has 0 bridgehead atoms. The molecule has 1 aromatic heterocycles. The summed E-state index contributed by atoms with van der Waals surface area (Å²) in [5.41, 5.74) is 0.223. The van der Waals surface area contributed by atoms with Crippen molar-refractivity contribution in [3.8, 4) is 11.3 Å². The Morgan fingerprint density at radius 3 is 2.58 bits per heavy atom. The summed E-state index contributed by atoms with van der Waals surface area (Å²) in [5, 5.41) is 2.38. The molecule has 0 amide bonds. The molecule has 0 N–H and O–H groups in total. The second kappa shape index (κ2) is 4.72. The lowest BCUT2D eigenvalue weighted by Gasteiger charge is -2.05. The Labute approximate surface area is 119 Å². The van der Waals surface area contributed by atoms with Crippen LogP contribution in [-0.4, -0.2) is 0 Å². The number of fused-ring (bicyclic) bond motifs is 1. The van der Waals surface area contributed by atoms with Crippen molar-refractivity contribution in [3.05, 3.63) is 69.0 Å². The Morgan fingerprint density at radius 1 is 0.947 bits per heavy atom. The van der Waals surface area contributed by atoms with Gasteiger partial charge >= 0.3 is 5.63 Å². The van der Waals surface area contributed by atoms with E-state index in [1.165, 1.54) is 0 Å². The summed E-state index contributed by atoms with van der Waals surface area (Å²) >= 11 is 12.1. The van der Waals surface area contributed by atoms with Gasteiger partial charge < -0.3 is 4.42 Å². The molecule has 0 fully saturated rings. The first-order valence-corrected chi connectivity index (χ1v) is 6.39. The molecule has 94 valence electrons. The maximum atomic E-state index is 11.9. The van der Waals surface area contributed by atoms with Gasteiger partial charge in [0.15, 0.2) is 0 Å². The molecule has 0 aliphatic heterocycles. The molecular weight excluding hydrogens is 283 g/mol. The maximum absolute atomic E-state index is 11.9. The van der Waals surface area contributed by atoms with E-state index in [2.05, 4.69) is 0 Å². The van der Waals surface area contributed by atoms with Gasteiger partial charge in [0.05, 0.1) is 10.4 Å². The Balaban J connectivity index is 2.31. The average molecular weight is 291 g/mol. The van der Waals surface area contributed by atoms with E-state index in [0.29, 0.717) is 26.8 Å². The zero-order valence-electron chi connectivity index (χ0n) is 9.69. The third-order valence-electron chi connectivity index (χ3n) is 2.86. The van der Waals surface area contributed by atoms with Gasteiger partial charge in [0.25, 0.3) is 0 Å². The Hall–Kier alpha value is -1.77. The summed E-state index contributed by atoms with van der Waals surface area (Å²) in [4.78, 5) is 11.9. The molecule has 0 radical (unpaired) electrons. The lowest BCUT2D eigenvalue weighted by molar-refractivity contribution is 0.535. The lowest BCUT2D eigenvalue weighted by Crippen LogP contribution is -2.00. The van der Waals surface area contributed by atoms with Crippen LogP contribution in [0.5, 0.6) is 0 Å². The molecule has 0 atom stereocenters. The van der Waals surface area contributed by atoms with Crippen molar-refractivity contribution < 1.29 is 4.42 Å². The zero-order valence-corrected chi connectivity index (χ0v) is 11.2. The van der Waals surface area contributed by atoms with Gasteiger partial charge in [-0.1, -0.05) is 41.4 Å². The summed E-state index contributed by atoms with van der Waals surface area (Å²) < 4.78 is 5.31. The lowest BCUT2D eigenvalue weighted by atomic mass is 10.1. The van der Waals surface area contributed by atoms with Crippen molar-refractivity contribution in [2.75, 3.05) is 0 Å². The predicted octanol–water partition coefficient (Wildman–Crippen LogP) is 4.77. The smallest absolute Gasteiger partial charge is 0.344 e. The summed E-state index contributed by atoms with van der Waals surface area (Å²) in [7, 11) is 0. The van der Waals surface area contributed by atoms with Gasteiger partial charge in [-0.25, -0.2) is 4.79 Å². The Kier molecular flexibility index (Phi) is 3.05. The van der Waals surface area contributed by atoms with Crippen molar-refractivity contribution in [1.29, 1.82) is 0 Å². The first-order valence-electron chi connectivity index (χ1n) is 5.63. The molecule has 4 heteroatoms. The number of halogens is 2. The molecule has 0 saturated heterocycles. The minimum absolute atomic E-state index is 0.385. The number of benzene rings is 2. The topological polar surface area (TPSA) is 30.2 Å². The van der Waals surface area contributed by atoms with Gasteiger partial charge in [-0.05, 0) is 35.7 Å². The number of rotatable bonds is 1. The van der Waals surface area contributed by atoms with Crippen LogP contribution < -0.4 is 5.63 Å². The minimum Gasteiger partial charge on any atom is -0.422 e. The van der Waals surface area contributed by atoms with E-state index in [9.17, 15) is 4.79 Å². The van der Waals surface area contributed by atoms with Gasteiger partial charge in [-0.15, -0.1) is 0 Å². The van der Waals surface area contributed by atoms with Gasteiger partial charge in [0.1, 0.15) is 5.76 Å². The van der Waals surface area contributed by atoms with Crippen LogP contribution in [0.1, 0.15) is 0 Å². The molecule has 0 spiro atoms. The monoisotopic (exact) mass is 290 g/mol. The molecule has 3 aromatic rings. The van der Waals surface area contributed by atoms with Crippen LogP contribution in [0.4, 0.5) is 0 Å². The molecular formula is C15H8Cl2O2. The highest BCUT2D eigenvalue weighted by Gasteiger charge is 2.10. The normalized spacial score (nSPS) is 10.8. The first kappa shape index (κ1) is 12.3. The van der Waals surface area contributed by atoms with Gasteiger partial charge in [0, 0.05) is 10.6 Å². The number of hydrogen-bond donors (Lipinski definition) is 0.